The average Bonchev–Trinajstić information content (AvgIpc) is 3.14. The van der Waals surface area contributed by atoms with Crippen molar-refractivity contribution in [3.63, 3.8) is 0 Å². The lowest BCUT2D eigenvalue weighted by Gasteiger charge is -2.09. The standard InChI is InChI=1S/C23H20N2O2S/c1-18-12-14-21(15-13-18)28(26,27)25-17-22(20-10-6-3-7-11-20)24-23(25)16-19-8-4-2-5-9-19/h2-15,17H,16H2,1H3. The number of imidazole rings is 1. The smallest absolute Gasteiger partial charge is 0.232 e. The number of nitrogens with zero attached hydrogens (tertiary/aromatic N) is 2. The van der Waals surface area contributed by atoms with E-state index in [2.05, 4.69) is 4.98 Å². The third kappa shape index (κ3) is 3.62. The molecule has 0 atom stereocenters. The second kappa shape index (κ2) is 7.44. The lowest BCUT2D eigenvalue weighted by Crippen LogP contribution is -2.15. The fraction of sp³-hybridized carbons (Fsp3) is 0.0870. The van der Waals surface area contributed by atoms with Gasteiger partial charge in [-0.3, -0.25) is 0 Å². The Balaban J connectivity index is 1.84. The Morgan fingerprint density at radius 1 is 0.821 bits per heavy atom. The average molecular weight is 388 g/mol. The van der Waals surface area contributed by atoms with Crippen molar-refractivity contribution in [2.75, 3.05) is 0 Å². The van der Waals surface area contributed by atoms with Crippen LogP contribution in [0.15, 0.2) is 96.0 Å². The SMILES string of the molecule is Cc1ccc(S(=O)(=O)n2cc(-c3ccccc3)nc2Cc2ccccc2)cc1. The van der Waals surface area contributed by atoms with Crippen LogP contribution >= 0.6 is 0 Å². The zero-order valence-electron chi connectivity index (χ0n) is 15.5. The molecule has 0 unspecified atom stereocenters. The maximum atomic E-state index is 13.3. The van der Waals surface area contributed by atoms with Crippen LogP contribution in [0.4, 0.5) is 0 Å². The number of hydrogen-bond acceptors (Lipinski definition) is 3. The number of aromatic nitrogens is 2. The van der Waals surface area contributed by atoms with E-state index >= 15 is 0 Å². The molecule has 0 bridgehead atoms. The third-order valence-electron chi connectivity index (χ3n) is 4.60. The largest absolute Gasteiger partial charge is 0.269 e. The van der Waals surface area contributed by atoms with Gasteiger partial charge >= 0.3 is 0 Å². The summed E-state index contributed by atoms with van der Waals surface area (Å²) in [4.78, 5) is 4.92. The Morgan fingerprint density at radius 3 is 2.07 bits per heavy atom. The molecule has 0 aliphatic carbocycles. The Bertz CT molecular complexity index is 1180. The molecule has 28 heavy (non-hydrogen) atoms. The molecular weight excluding hydrogens is 368 g/mol. The summed E-state index contributed by atoms with van der Waals surface area (Å²) in [7, 11) is -3.74. The fourth-order valence-electron chi connectivity index (χ4n) is 3.08. The van der Waals surface area contributed by atoms with Crippen LogP contribution in [-0.2, 0) is 16.4 Å². The van der Waals surface area contributed by atoms with E-state index in [-0.39, 0.29) is 4.90 Å². The molecule has 1 heterocycles. The van der Waals surface area contributed by atoms with Gasteiger partial charge in [0.1, 0.15) is 5.82 Å². The van der Waals surface area contributed by atoms with Crippen molar-refractivity contribution < 1.29 is 8.42 Å². The molecule has 0 N–H and O–H groups in total. The van der Waals surface area contributed by atoms with E-state index in [1.807, 2.05) is 67.6 Å². The van der Waals surface area contributed by atoms with E-state index in [4.69, 9.17) is 0 Å². The van der Waals surface area contributed by atoms with Gasteiger partial charge in [-0.05, 0) is 24.6 Å². The first kappa shape index (κ1) is 18.2. The Kier molecular flexibility index (Phi) is 4.84. The van der Waals surface area contributed by atoms with Crippen LogP contribution in [0.25, 0.3) is 11.3 Å². The van der Waals surface area contributed by atoms with Crippen LogP contribution < -0.4 is 0 Å². The van der Waals surface area contributed by atoms with Crippen molar-refractivity contribution >= 4 is 10.0 Å². The molecule has 0 amide bonds. The first-order chi connectivity index (χ1) is 13.5. The number of benzene rings is 3. The minimum absolute atomic E-state index is 0.254. The molecule has 5 heteroatoms. The Hall–Kier alpha value is -3.18. The third-order valence-corrected chi connectivity index (χ3v) is 6.30. The van der Waals surface area contributed by atoms with Crippen molar-refractivity contribution in [1.29, 1.82) is 0 Å². The van der Waals surface area contributed by atoms with Crippen LogP contribution in [0, 0.1) is 6.92 Å². The summed E-state index contributed by atoms with van der Waals surface area (Å²) in [5.41, 5.74) is 3.55. The van der Waals surface area contributed by atoms with E-state index < -0.39 is 10.0 Å². The predicted molar refractivity (Wildman–Crippen MR) is 111 cm³/mol. The van der Waals surface area contributed by atoms with E-state index in [1.165, 1.54) is 3.97 Å². The number of aryl methyl sites for hydroxylation is 1. The molecule has 0 fully saturated rings. The predicted octanol–water partition coefficient (Wildman–Crippen LogP) is 4.69. The first-order valence-corrected chi connectivity index (χ1v) is 10.5. The summed E-state index contributed by atoms with van der Waals surface area (Å²) in [5.74, 6) is 0.491. The molecule has 4 aromatic rings. The zero-order chi connectivity index (χ0) is 19.6. The topological polar surface area (TPSA) is 52.0 Å². The lowest BCUT2D eigenvalue weighted by molar-refractivity contribution is 0.585. The van der Waals surface area contributed by atoms with Gasteiger partial charge in [-0.2, -0.15) is 0 Å². The van der Waals surface area contributed by atoms with Gasteiger partial charge in [0.05, 0.1) is 10.6 Å². The second-order valence-electron chi connectivity index (χ2n) is 6.68. The zero-order valence-corrected chi connectivity index (χ0v) is 16.3. The van der Waals surface area contributed by atoms with Gasteiger partial charge < -0.3 is 0 Å². The highest BCUT2D eigenvalue weighted by Crippen LogP contribution is 2.24. The van der Waals surface area contributed by atoms with Crippen LogP contribution in [-0.4, -0.2) is 17.4 Å². The summed E-state index contributed by atoms with van der Waals surface area (Å²) in [6, 6.07) is 26.3. The molecule has 0 saturated carbocycles. The minimum atomic E-state index is -3.74. The maximum absolute atomic E-state index is 13.3. The Labute approximate surface area is 165 Å². The highest BCUT2D eigenvalue weighted by Gasteiger charge is 2.22. The molecule has 4 nitrogen and oxygen atoms in total. The fourth-order valence-corrected chi connectivity index (χ4v) is 4.41. The summed E-state index contributed by atoms with van der Waals surface area (Å²) < 4.78 is 28.0. The number of rotatable bonds is 5. The molecule has 0 saturated heterocycles. The molecule has 4 rings (SSSR count). The van der Waals surface area contributed by atoms with Crippen molar-refractivity contribution in [3.05, 3.63) is 108 Å². The monoisotopic (exact) mass is 388 g/mol. The summed E-state index contributed by atoms with van der Waals surface area (Å²) in [5, 5.41) is 0. The van der Waals surface area contributed by atoms with Crippen molar-refractivity contribution in [3.8, 4) is 11.3 Å². The van der Waals surface area contributed by atoms with Crippen molar-refractivity contribution in [2.24, 2.45) is 0 Å². The highest BCUT2D eigenvalue weighted by molar-refractivity contribution is 7.90. The van der Waals surface area contributed by atoms with Crippen LogP contribution in [0.5, 0.6) is 0 Å². The molecule has 0 aliphatic rings. The van der Waals surface area contributed by atoms with Gasteiger partial charge in [-0.15, -0.1) is 0 Å². The Morgan fingerprint density at radius 2 is 1.43 bits per heavy atom. The van der Waals surface area contributed by atoms with E-state index in [0.29, 0.717) is 17.9 Å². The van der Waals surface area contributed by atoms with Gasteiger partial charge in [0, 0.05) is 18.2 Å². The van der Waals surface area contributed by atoms with E-state index in [0.717, 1.165) is 16.7 Å². The summed E-state index contributed by atoms with van der Waals surface area (Å²) in [6.45, 7) is 1.93. The normalized spacial score (nSPS) is 11.5. The van der Waals surface area contributed by atoms with Crippen LogP contribution in [0.3, 0.4) is 0 Å². The second-order valence-corrected chi connectivity index (χ2v) is 8.50. The molecule has 0 spiro atoms. The lowest BCUT2D eigenvalue weighted by atomic mass is 10.1. The highest BCUT2D eigenvalue weighted by atomic mass is 32.2. The van der Waals surface area contributed by atoms with Gasteiger partial charge in [-0.1, -0.05) is 78.4 Å². The van der Waals surface area contributed by atoms with Gasteiger partial charge in [0.2, 0.25) is 0 Å². The minimum Gasteiger partial charge on any atom is -0.232 e. The van der Waals surface area contributed by atoms with E-state index in [1.54, 1.807) is 30.5 Å². The first-order valence-electron chi connectivity index (χ1n) is 9.04. The van der Waals surface area contributed by atoms with Crippen molar-refractivity contribution in [1.82, 2.24) is 8.96 Å². The maximum Gasteiger partial charge on any atom is 0.269 e. The van der Waals surface area contributed by atoms with Gasteiger partial charge in [0.25, 0.3) is 10.0 Å². The van der Waals surface area contributed by atoms with Crippen molar-refractivity contribution in [2.45, 2.75) is 18.2 Å². The van der Waals surface area contributed by atoms with Crippen LogP contribution in [0.2, 0.25) is 0 Å². The molecule has 3 aromatic carbocycles. The quantitative estimate of drug-likeness (QED) is 0.498. The molecule has 0 radical (unpaired) electrons. The number of hydrogen-bond donors (Lipinski definition) is 0. The molecule has 140 valence electrons. The molecule has 1 aromatic heterocycles. The summed E-state index contributed by atoms with van der Waals surface area (Å²) >= 11 is 0. The van der Waals surface area contributed by atoms with E-state index in [9.17, 15) is 8.42 Å². The van der Waals surface area contributed by atoms with Gasteiger partial charge in [-0.25, -0.2) is 17.4 Å². The summed E-state index contributed by atoms with van der Waals surface area (Å²) in [6.07, 6.45) is 2.04. The van der Waals surface area contributed by atoms with Crippen LogP contribution in [0.1, 0.15) is 17.0 Å². The molecular formula is C23H20N2O2S. The molecule has 0 aliphatic heterocycles. The van der Waals surface area contributed by atoms with Gasteiger partial charge in [0.15, 0.2) is 0 Å².